The van der Waals surface area contributed by atoms with E-state index in [1.54, 1.807) is 43.5 Å². The quantitative estimate of drug-likeness (QED) is 0.448. The average Bonchev–Trinajstić information content (AvgIpc) is 3.17. The van der Waals surface area contributed by atoms with Crippen molar-refractivity contribution in [2.75, 3.05) is 19.1 Å². The first kappa shape index (κ1) is 21.0. The Morgan fingerprint density at radius 1 is 1.07 bits per heavy atom. The molecular formula is C21H17BrClNO5. The van der Waals surface area contributed by atoms with Gasteiger partial charge in [-0.3, -0.25) is 4.79 Å². The van der Waals surface area contributed by atoms with Gasteiger partial charge in [0.1, 0.15) is 5.75 Å². The Morgan fingerprint density at radius 2 is 1.79 bits per heavy atom. The van der Waals surface area contributed by atoms with E-state index in [9.17, 15) is 9.59 Å². The van der Waals surface area contributed by atoms with Crippen LogP contribution in [0.1, 0.15) is 26.5 Å². The van der Waals surface area contributed by atoms with Crippen molar-refractivity contribution in [3.63, 3.8) is 0 Å². The maximum absolute atomic E-state index is 13.3. The van der Waals surface area contributed by atoms with Gasteiger partial charge in [0, 0.05) is 5.02 Å². The maximum atomic E-state index is 13.3. The Morgan fingerprint density at radius 3 is 2.38 bits per heavy atom. The molecule has 0 saturated carbocycles. The highest BCUT2D eigenvalue weighted by Gasteiger charge is 2.26. The van der Waals surface area contributed by atoms with E-state index < -0.39 is 11.9 Å². The smallest absolute Gasteiger partial charge is 0.339 e. The average molecular weight is 479 g/mol. The summed E-state index contributed by atoms with van der Waals surface area (Å²) in [4.78, 5) is 27.0. The molecule has 0 fully saturated rings. The van der Waals surface area contributed by atoms with E-state index in [4.69, 9.17) is 25.5 Å². The van der Waals surface area contributed by atoms with E-state index in [2.05, 4.69) is 15.9 Å². The molecule has 3 aromatic rings. The number of carbonyl (C=O) groups excluding carboxylic acids is 2. The molecule has 29 heavy (non-hydrogen) atoms. The standard InChI is InChI=1S/C21H17BrClNO5/c1-27-15-6-3-13(4-7-15)12-24(20(25)18-9-10-19(22)29-18)17-11-14(23)5-8-16(17)21(26)28-2/h3-11H,12H2,1-2H3. The summed E-state index contributed by atoms with van der Waals surface area (Å²) < 4.78 is 15.9. The number of carbonyl (C=O) groups is 2. The SMILES string of the molecule is COC(=O)c1ccc(Cl)cc1N(Cc1ccc(OC)cc1)C(=O)c1ccc(Br)o1. The highest BCUT2D eigenvalue weighted by molar-refractivity contribution is 9.10. The Hall–Kier alpha value is -2.77. The lowest BCUT2D eigenvalue weighted by Gasteiger charge is -2.24. The lowest BCUT2D eigenvalue weighted by molar-refractivity contribution is 0.0601. The van der Waals surface area contributed by atoms with Gasteiger partial charge in [-0.15, -0.1) is 0 Å². The Labute approximate surface area is 181 Å². The van der Waals surface area contributed by atoms with Crippen LogP contribution in [0.15, 0.2) is 63.7 Å². The Kier molecular flexibility index (Phi) is 6.61. The number of furan rings is 1. The van der Waals surface area contributed by atoms with Gasteiger partial charge in [0.15, 0.2) is 10.4 Å². The molecule has 8 heteroatoms. The molecule has 0 bridgehead atoms. The van der Waals surface area contributed by atoms with E-state index in [-0.39, 0.29) is 17.9 Å². The minimum absolute atomic E-state index is 0.112. The highest BCUT2D eigenvalue weighted by Crippen LogP contribution is 2.30. The van der Waals surface area contributed by atoms with Crippen molar-refractivity contribution in [1.29, 1.82) is 0 Å². The molecule has 6 nitrogen and oxygen atoms in total. The molecular weight excluding hydrogens is 462 g/mol. The Balaban J connectivity index is 2.08. The van der Waals surface area contributed by atoms with Crippen LogP contribution in [0.5, 0.6) is 5.75 Å². The molecule has 1 amide bonds. The topological polar surface area (TPSA) is 69.0 Å². The van der Waals surface area contributed by atoms with Gasteiger partial charge in [-0.25, -0.2) is 4.79 Å². The van der Waals surface area contributed by atoms with E-state index in [0.29, 0.717) is 21.1 Å². The molecule has 0 unspecified atom stereocenters. The summed E-state index contributed by atoms with van der Waals surface area (Å²) in [7, 11) is 2.86. The molecule has 0 aliphatic rings. The van der Waals surface area contributed by atoms with Crippen LogP contribution >= 0.6 is 27.5 Å². The minimum Gasteiger partial charge on any atom is -0.497 e. The third-order valence-corrected chi connectivity index (χ3v) is 4.85. The summed E-state index contributed by atoms with van der Waals surface area (Å²) in [5, 5.41) is 0.376. The molecule has 2 aromatic carbocycles. The van der Waals surface area contributed by atoms with E-state index >= 15 is 0 Å². The highest BCUT2D eigenvalue weighted by atomic mass is 79.9. The van der Waals surface area contributed by atoms with Crippen LogP contribution in [0.2, 0.25) is 5.02 Å². The lowest BCUT2D eigenvalue weighted by atomic mass is 10.1. The number of benzene rings is 2. The van der Waals surface area contributed by atoms with Gasteiger partial charge >= 0.3 is 5.97 Å². The van der Waals surface area contributed by atoms with Crippen LogP contribution < -0.4 is 9.64 Å². The summed E-state index contributed by atoms with van der Waals surface area (Å²) in [5.41, 5.74) is 1.35. The molecule has 0 N–H and O–H groups in total. The third kappa shape index (κ3) is 4.81. The van der Waals surface area contributed by atoms with Crippen LogP contribution in [0.4, 0.5) is 5.69 Å². The van der Waals surface area contributed by atoms with Crippen molar-refractivity contribution in [3.8, 4) is 5.75 Å². The second-order valence-electron chi connectivity index (χ2n) is 6.00. The minimum atomic E-state index is -0.579. The molecule has 0 atom stereocenters. The predicted octanol–water partition coefficient (Wildman–Crippen LogP) is 5.34. The van der Waals surface area contributed by atoms with Crippen LogP contribution in [0, 0.1) is 0 Å². The van der Waals surface area contributed by atoms with Gasteiger partial charge in [-0.2, -0.15) is 0 Å². The Bertz CT molecular complexity index is 1030. The summed E-state index contributed by atoms with van der Waals surface area (Å²) in [6.45, 7) is 0.172. The number of nitrogens with zero attached hydrogens (tertiary/aromatic N) is 1. The molecule has 0 aliphatic carbocycles. The van der Waals surface area contributed by atoms with Crippen LogP contribution in [0.25, 0.3) is 0 Å². The largest absolute Gasteiger partial charge is 0.497 e. The normalized spacial score (nSPS) is 10.5. The van der Waals surface area contributed by atoms with E-state index in [1.807, 2.05) is 12.1 Å². The van der Waals surface area contributed by atoms with Gasteiger partial charge in [-0.05, 0) is 64.0 Å². The van der Waals surface area contributed by atoms with E-state index in [1.165, 1.54) is 18.1 Å². The molecule has 1 heterocycles. The molecule has 150 valence electrons. The first-order valence-corrected chi connectivity index (χ1v) is 9.68. The first-order chi connectivity index (χ1) is 13.9. The number of hydrogen-bond donors (Lipinski definition) is 0. The van der Waals surface area contributed by atoms with Crippen molar-refractivity contribution in [1.82, 2.24) is 0 Å². The van der Waals surface area contributed by atoms with Crippen LogP contribution in [-0.4, -0.2) is 26.1 Å². The number of anilines is 1. The van der Waals surface area contributed by atoms with Gasteiger partial charge < -0.3 is 18.8 Å². The number of amides is 1. The number of ether oxygens (including phenoxy) is 2. The van der Waals surface area contributed by atoms with Crippen molar-refractivity contribution >= 4 is 45.1 Å². The first-order valence-electron chi connectivity index (χ1n) is 8.51. The molecule has 0 radical (unpaired) electrons. The zero-order chi connectivity index (χ0) is 21.0. The van der Waals surface area contributed by atoms with Crippen molar-refractivity contribution < 1.29 is 23.5 Å². The van der Waals surface area contributed by atoms with Gasteiger partial charge in [-0.1, -0.05) is 23.7 Å². The summed E-state index contributed by atoms with van der Waals surface area (Å²) >= 11 is 9.37. The maximum Gasteiger partial charge on any atom is 0.339 e. The number of halogens is 2. The monoisotopic (exact) mass is 477 g/mol. The van der Waals surface area contributed by atoms with Crippen LogP contribution in [-0.2, 0) is 11.3 Å². The van der Waals surface area contributed by atoms with Crippen molar-refractivity contribution in [3.05, 3.63) is 81.2 Å². The second-order valence-corrected chi connectivity index (χ2v) is 7.21. The molecule has 3 rings (SSSR count). The number of methoxy groups -OCH3 is 2. The molecule has 0 saturated heterocycles. The summed E-state index contributed by atoms with van der Waals surface area (Å²) in [6, 6.07) is 15.1. The summed E-state index contributed by atoms with van der Waals surface area (Å²) in [5.74, 6) is -0.204. The zero-order valence-electron chi connectivity index (χ0n) is 15.6. The van der Waals surface area contributed by atoms with Crippen molar-refractivity contribution in [2.24, 2.45) is 0 Å². The zero-order valence-corrected chi connectivity index (χ0v) is 18.0. The molecule has 0 spiro atoms. The van der Waals surface area contributed by atoms with Gasteiger partial charge in [0.05, 0.1) is 32.0 Å². The number of hydrogen-bond acceptors (Lipinski definition) is 5. The van der Waals surface area contributed by atoms with Crippen LogP contribution in [0.3, 0.4) is 0 Å². The molecule has 1 aromatic heterocycles. The number of esters is 1. The second kappa shape index (κ2) is 9.15. The fraction of sp³-hybridized carbons (Fsp3) is 0.143. The fourth-order valence-electron chi connectivity index (χ4n) is 2.75. The molecule has 0 aliphatic heterocycles. The van der Waals surface area contributed by atoms with Crippen molar-refractivity contribution in [2.45, 2.75) is 6.54 Å². The number of rotatable bonds is 6. The third-order valence-electron chi connectivity index (χ3n) is 4.18. The summed E-state index contributed by atoms with van der Waals surface area (Å²) in [6.07, 6.45) is 0. The lowest BCUT2D eigenvalue weighted by Crippen LogP contribution is -2.31. The van der Waals surface area contributed by atoms with E-state index in [0.717, 1.165) is 5.56 Å². The fourth-order valence-corrected chi connectivity index (χ4v) is 3.23. The predicted molar refractivity (Wildman–Crippen MR) is 113 cm³/mol. The van der Waals surface area contributed by atoms with Gasteiger partial charge in [0.2, 0.25) is 0 Å². The van der Waals surface area contributed by atoms with Gasteiger partial charge in [0.25, 0.3) is 5.91 Å².